The molecule has 0 spiro atoms. The zero-order valence-corrected chi connectivity index (χ0v) is 14.6. The van der Waals surface area contributed by atoms with Gasteiger partial charge in [-0.15, -0.1) is 11.8 Å². The highest BCUT2D eigenvalue weighted by Crippen LogP contribution is 2.19. The number of nitrogens with zero attached hydrogens (tertiary/aromatic N) is 1. The van der Waals surface area contributed by atoms with Crippen LogP contribution in [0.5, 0.6) is 5.75 Å². The molecule has 2 heterocycles. The predicted molar refractivity (Wildman–Crippen MR) is 98.9 cm³/mol. The summed E-state index contributed by atoms with van der Waals surface area (Å²) >= 11 is 1.88. The minimum absolute atomic E-state index is 0.192. The maximum atomic E-state index is 10.2. The summed E-state index contributed by atoms with van der Waals surface area (Å²) in [6, 6.07) is 11.7. The van der Waals surface area contributed by atoms with Crippen LogP contribution in [0, 0.1) is 0 Å². The van der Waals surface area contributed by atoms with E-state index in [2.05, 4.69) is 23.3 Å². The zero-order valence-electron chi connectivity index (χ0n) is 13.7. The lowest BCUT2D eigenvalue weighted by atomic mass is 10.1. The van der Waals surface area contributed by atoms with Gasteiger partial charge >= 0.3 is 0 Å². The number of hydrogen-bond acceptors (Lipinski definition) is 5. The van der Waals surface area contributed by atoms with E-state index in [1.54, 1.807) is 6.20 Å². The van der Waals surface area contributed by atoms with Crippen LogP contribution in [-0.2, 0) is 6.42 Å². The molecule has 1 atom stereocenters. The monoisotopic (exact) mass is 342 g/mol. The Morgan fingerprint density at radius 2 is 2.12 bits per heavy atom. The third kappa shape index (κ3) is 4.52. The van der Waals surface area contributed by atoms with Crippen LogP contribution >= 0.6 is 11.8 Å². The van der Waals surface area contributed by atoms with Gasteiger partial charge in [-0.25, -0.2) is 0 Å². The minimum atomic E-state index is -0.725. The van der Waals surface area contributed by atoms with Crippen molar-refractivity contribution in [2.45, 2.75) is 19.4 Å². The summed E-state index contributed by atoms with van der Waals surface area (Å²) in [7, 11) is 0. The molecule has 2 aromatic rings. The smallest absolute Gasteiger partial charge is 0.130 e. The second-order valence-corrected chi connectivity index (χ2v) is 6.67. The molecular formula is C19H22N2O2S. The van der Waals surface area contributed by atoms with E-state index in [9.17, 15) is 5.11 Å². The van der Waals surface area contributed by atoms with Crippen molar-refractivity contribution in [2.75, 3.05) is 18.2 Å². The van der Waals surface area contributed by atoms with Crippen LogP contribution in [0.4, 0.5) is 0 Å². The van der Waals surface area contributed by atoms with Gasteiger partial charge in [0.2, 0.25) is 0 Å². The lowest BCUT2D eigenvalue weighted by Crippen LogP contribution is -2.11. The van der Waals surface area contributed by atoms with Crippen LogP contribution < -0.4 is 10.1 Å². The molecule has 0 saturated carbocycles. The summed E-state index contributed by atoms with van der Waals surface area (Å²) in [6.45, 7) is 2.27. The Hall–Kier alpha value is -1.98. The van der Waals surface area contributed by atoms with E-state index in [1.165, 1.54) is 5.70 Å². The van der Waals surface area contributed by atoms with Gasteiger partial charge in [-0.3, -0.25) is 4.98 Å². The van der Waals surface area contributed by atoms with E-state index in [-0.39, 0.29) is 6.61 Å². The number of aliphatic hydroxyl groups excluding tert-OH is 1. The highest BCUT2D eigenvalue weighted by atomic mass is 32.2. The van der Waals surface area contributed by atoms with Crippen molar-refractivity contribution in [3.63, 3.8) is 0 Å². The number of aromatic nitrogens is 1. The van der Waals surface area contributed by atoms with Gasteiger partial charge in [-0.1, -0.05) is 25.1 Å². The standard InChI is InChI=1S/C19H22N2O2S/c1-2-14-5-8-18(20-10-14)19(22)11-23-17-6-3-15(4-7-17)9-16-12-24-13-21-16/h3-10,19,21-22H,2,11-13H2,1H3/b16-9-. The third-order valence-electron chi connectivity index (χ3n) is 3.88. The van der Waals surface area contributed by atoms with Crippen LogP contribution in [0.1, 0.15) is 29.8 Å². The third-order valence-corrected chi connectivity index (χ3v) is 4.75. The Morgan fingerprint density at radius 3 is 2.75 bits per heavy atom. The van der Waals surface area contributed by atoms with E-state index >= 15 is 0 Å². The Kier molecular flexibility index (Phi) is 5.77. The number of pyridine rings is 1. The Bertz CT molecular complexity index is 676. The van der Waals surface area contributed by atoms with Crippen molar-refractivity contribution < 1.29 is 9.84 Å². The summed E-state index contributed by atoms with van der Waals surface area (Å²) in [5, 5.41) is 13.5. The van der Waals surface area contributed by atoms with Crippen LogP contribution in [0.15, 0.2) is 48.3 Å². The Balaban J connectivity index is 1.54. The maximum absolute atomic E-state index is 10.2. The average Bonchev–Trinajstić information content (AvgIpc) is 3.14. The summed E-state index contributed by atoms with van der Waals surface area (Å²) in [6.07, 6.45) is 4.17. The molecule has 0 amide bonds. The highest BCUT2D eigenvalue weighted by Gasteiger charge is 2.10. The van der Waals surface area contributed by atoms with Crippen LogP contribution in [-0.4, -0.2) is 28.3 Å². The quantitative estimate of drug-likeness (QED) is 0.843. The molecule has 0 radical (unpaired) electrons. The van der Waals surface area contributed by atoms with Gasteiger partial charge in [0.1, 0.15) is 18.5 Å². The number of aryl methyl sites for hydroxylation is 1. The number of nitrogens with one attached hydrogen (secondary N) is 1. The summed E-state index contributed by atoms with van der Waals surface area (Å²) in [5.41, 5.74) is 4.19. The van der Waals surface area contributed by atoms with Crippen molar-refractivity contribution in [2.24, 2.45) is 0 Å². The molecule has 0 bridgehead atoms. The van der Waals surface area contributed by atoms with E-state index < -0.39 is 6.10 Å². The largest absolute Gasteiger partial charge is 0.490 e. The molecule has 24 heavy (non-hydrogen) atoms. The predicted octanol–water partition coefficient (Wildman–Crippen LogP) is 3.39. The molecule has 1 aliphatic rings. The van der Waals surface area contributed by atoms with Crippen molar-refractivity contribution >= 4 is 17.8 Å². The fraction of sp³-hybridized carbons (Fsp3) is 0.316. The number of thioether (sulfide) groups is 1. The Morgan fingerprint density at radius 1 is 1.29 bits per heavy atom. The van der Waals surface area contributed by atoms with E-state index in [4.69, 9.17) is 4.74 Å². The molecule has 2 N–H and O–H groups in total. The molecule has 126 valence electrons. The molecular weight excluding hydrogens is 320 g/mol. The van der Waals surface area contributed by atoms with Gasteiger partial charge in [-0.2, -0.15) is 0 Å². The fourth-order valence-corrected chi connectivity index (χ4v) is 3.21. The minimum Gasteiger partial charge on any atom is -0.490 e. The lowest BCUT2D eigenvalue weighted by Gasteiger charge is -2.12. The van der Waals surface area contributed by atoms with E-state index in [1.807, 2.05) is 48.2 Å². The first-order valence-electron chi connectivity index (χ1n) is 8.12. The van der Waals surface area contributed by atoms with Gasteiger partial charge < -0.3 is 15.2 Å². The molecule has 1 aliphatic heterocycles. The van der Waals surface area contributed by atoms with Gasteiger partial charge in [0.25, 0.3) is 0 Å². The fourth-order valence-electron chi connectivity index (χ4n) is 2.41. The first-order valence-corrected chi connectivity index (χ1v) is 9.28. The lowest BCUT2D eigenvalue weighted by molar-refractivity contribution is 0.104. The second kappa shape index (κ2) is 8.22. The topological polar surface area (TPSA) is 54.4 Å². The van der Waals surface area contributed by atoms with Crippen molar-refractivity contribution in [1.29, 1.82) is 0 Å². The molecule has 1 fully saturated rings. The van der Waals surface area contributed by atoms with Crippen LogP contribution in [0.3, 0.4) is 0 Å². The summed E-state index contributed by atoms with van der Waals surface area (Å²) in [4.78, 5) is 4.29. The molecule has 1 aromatic carbocycles. The summed E-state index contributed by atoms with van der Waals surface area (Å²) < 4.78 is 5.67. The van der Waals surface area contributed by atoms with Crippen molar-refractivity contribution in [3.8, 4) is 5.75 Å². The van der Waals surface area contributed by atoms with E-state index in [0.717, 1.165) is 34.9 Å². The van der Waals surface area contributed by atoms with Crippen molar-refractivity contribution in [3.05, 3.63) is 65.1 Å². The number of benzene rings is 1. The van der Waals surface area contributed by atoms with Gasteiger partial charge in [-0.05, 0) is 41.8 Å². The highest BCUT2D eigenvalue weighted by molar-refractivity contribution is 7.99. The summed E-state index contributed by atoms with van der Waals surface area (Å²) in [5.74, 6) is 2.77. The van der Waals surface area contributed by atoms with Crippen LogP contribution in [0.2, 0.25) is 0 Å². The maximum Gasteiger partial charge on any atom is 0.130 e. The molecule has 5 heteroatoms. The van der Waals surface area contributed by atoms with Gasteiger partial charge in [0.15, 0.2) is 0 Å². The molecule has 1 saturated heterocycles. The molecule has 4 nitrogen and oxygen atoms in total. The first kappa shape index (κ1) is 16.9. The van der Waals surface area contributed by atoms with Crippen molar-refractivity contribution in [1.82, 2.24) is 10.3 Å². The normalized spacial score (nSPS) is 16.8. The molecule has 0 aliphatic carbocycles. The number of rotatable bonds is 6. The molecule has 3 rings (SSSR count). The zero-order chi connectivity index (χ0) is 16.8. The number of hydrogen-bond donors (Lipinski definition) is 2. The van der Waals surface area contributed by atoms with E-state index in [0.29, 0.717) is 5.69 Å². The Labute approximate surface area is 147 Å². The first-order chi connectivity index (χ1) is 11.7. The number of ether oxygens (including phenoxy) is 1. The van der Waals surface area contributed by atoms with Gasteiger partial charge in [0, 0.05) is 17.6 Å². The van der Waals surface area contributed by atoms with Crippen LogP contribution in [0.25, 0.3) is 6.08 Å². The van der Waals surface area contributed by atoms with Gasteiger partial charge in [0.05, 0.1) is 11.6 Å². The SMILES string of the molecule is CCc1ccc(C(O)COc2ccc(/C=C3/CSCN3)cc2)nc1. The number of aliphatic hydroxyl groups is 1. The molecule has 1 unspecified atom stereocenters. The molecule has 1 aromatic heterocycles. The second-order valence-electron chi connectivity index (χ2n) is 5.68. The average molecular weight is 342 g/mol.